The maximum absolute atomic E-state index is 13.4. The molecule has 1 saturated heterocycles. The highest BCUT2D eigenvalue weighted by Gasteiger charge is 2.30. The molecule has 0 bridgehead atoms. The third-order valence-corrected chi connectivity index (χ3v) is 7.35. The Morgan fingerprint density at radius 1 is 1.18 bits per heavy atom. The Hall–Kier alpha value is -3.70. The van der Waals surface area contributed by atoms with E-state index in [1.165, 1.54) is 0 Å². The van der Waals surface area contributed by atoms with Crippen molar-refractivity contribution in [1.29, 1.82) is 0 Å². The molecule has 1 fully saturated rings. The average molecular weight is 529 g/mol. The second-order valence-electron chi connectivity index (χ2n) is 10.0. The number of rotatable bonds is 9. The fourth-order valence-corrected chi connectivity index (χ4v) is 5.14. The quantitative estimate of drug-likeness (QED) is 0.385. The summed E-state index contributed by atoms with van der Waals surface area (Å²) in [5, 5.41) is 6.48. The number of anilines is 3. The number of benzene rings is 1. The molecule has 0 spiro atoms. The zero-order valence-corrected chi connectivity index (χ0v) is 22.8. The number of aryl methyl sites for hydroxylation is 1. The fourth-order valence-electron chi connectivity index (χ4n) is 5.14. The molecule has 1 atom stereocenters. The van der Waals surface area contributed by atoms with Crippen molar-refractivity contribution in [1.82, 2.24) is 24.8 Å². The predicted molar refractivity (Wildman–Crippen MR) is 153 cm³/mol. The number of methoxy groups -OCH3 is 1. The second kappa shape index (κ2) is 12.0. The molecule has 5 rings (SSSR count). The van der Waals surface area contributed by atoms with Gasteiger partial charge in [0.25, 0.3) is 0 Å². The van der Waals surface area contributed by atoms with Crippen molar-refractivity contribution >= 4 is 28.8 Å². The molecule has 1 amide bonds. The molecule has 3 heterocycles. The van der Waals surface area contributed by atoms with Crippen LogP contribution in [0, 0.1) is 6.92 Å². The minimum Gasteiger partial charge on any atom is -0.383 e. The van der Waals surface area contributed by atoms with Gasteiger partial charge >= 0.3 is 0 Å². The molecule has 10 nitrogen and oxygen atoms in total. The molecule has 1 aromatic carbocycles. The summed E-state index contributed by atoms with van der Waals surface area (Å²) in [7, 11) is 3.75. The number of nitrogens with one attached hydrogen (secondary N) is 2. The van der Waals surface area contributed by atoms with Crippen LogP contribution in [0.2, 0.25) is 0 Å². The zero-order chi connectivity index (χ0) is 27.4. The molecule has 0 saturated carbocycles. The molecule has 2 aliphatic rings. The van der Waals surface area contributed by atoms with Crippen LogP contribution in [0.25, 0.3) is 5.57 Å². The number of pyridine rings is 1. The third-order valence-electron chi connectivity index (χ3n) is 7.35. The van der Waals surface area contributed by atoms with Crippen LogP contribution in [-0.4, -0.2) is 83.6 Å². The van der Waals surface area contributed by atoms with Crippen LogP contribution in [0.4, 0.5) is 17.3 Å². The molecule has 39 heavy (non-hydrogen) atoms. The van der Waals surface area contributed by atoms with E-state index in [9.17, 15) is 4.79 Å². The lowest BCUT2D eigenvalue weighted by molar-refractivity contribution is -0.124. The molecular formula is C29H36N8O2. The van der Waals surface area contributed by atoms with Gasteiger partial charge < -0.3 is 26.0 Å². The second-order valence-corrected chi connectivity index (χ2v) is 10.0. The fraction of sp³-hybridized carbons (Fsp3) is 0.379. The van der Waals surface area contributed by atoms with Gasteiger partial charge in [0.1, 0.15) is 6.04 Å². The van der Waals surface area contributed by atoms with Crippen LogP contribution in [0.1, 0.15) is 28.1 Å². The summed E-state index contributed by atoms with van der Waals surface area (Å²) in [4.78, 5) is 31.5. The molecule has 4 N–H and O–H groups in total. The van der Waals surface area contributed by atoms with E-state index in [-0.39, 0.29) is 11.9 Å². The highest BCUT2D eigenvalue weighted by atomic mass is 16.5. The number of allylic oxidation sites excluding steroid dienone is 1. The summed E-state index contributed by atoms with van der Waals surface area (Å²) < 4.78 is 5.43. The molecule has 10 heteroatoms. The lowest BCUT2D eigenvalue weighted by Gasteiger charge is -2.36. The van der Waals surface area contributed by atoms with Crippen molar-refractivity contribution in [2.75, 3.05) is 57.6 Å². The molecule has 3 aromatic rings. The first-order valence-corrected chi connectivity index (χ1v) is 13.3. The number of hydrogen-bond acceptors (Lipinski definition) is 9. The number of carbonyl (C=O) groups excluding carboxylic acids is 1. The van der Waals surface area contributed by atoms with Crippen LogP contribution in [0.3, 0.4) is 0 Å². The molecule has 1 aliphatic heterocycles. The molecule has 0 unspecified atom stereocenters. The van der Waals surface area contributed by atoms with E-state index in [1.54, 1.807) is 13.3 Å². The van der Waals surface area contributed by atoms with Crippen molar-refractivity contribution in [2.24, 2.45) is 5.73 Å². The van der Waals surface area contributed by atoms with E-state index >= 15 is 0 Å². The maximum Gasteiger partial charge on any atom is 0.244 e. The Kier molecular flexibility index (Phi) is 8.27. The summed E-state index contributed by atoms with van der Waals surface area (Å²) in [6.45, 7) is 6.28. The van der Waals surface area contributed by atoms with Gasteiger partial charge in [0, 0.05) is 69.2 Å². The van der Waals surface area contributed by atoms with Gasteiger partial charge in [0.15, 0.2) is 0 Å². The number of carbonyl (C=O) groups is 1. The average Bonchev–Trinajstić information content (AvgIpc) is 3.38. The topological polar surface area (TPSA) is 122 Å². The number of amides is 1. The van der Waals surface area contributed by atoms with E-state index < -0.39 is 0 Å². The number of likely N-dealkylation sites (N-methyl/N-ethyl adjacent to an activating group) is 1. The number of nitrogens with zero attached hydrogens (tertiary/aromatic N) is 5. The maximum atomic E-state index is 13.4. The van der Waals surface area contributed by atoms with Gasteiger partial charge in [-0.25, -0.2) is 9.97 Å². The van der Waals surface area contributed by atoms with Gasteiger partial charge in [0.05, 0.1) is 18.0 Å². The number of fused-ring (bicyclic) bond motifs is 1. The smallest absolute Gasteiger partial charge is 0.244 e. The minimum atomic E-state index is -0.334. The highest BCUT2D eigenvalue weighted by molar-refractivity contribution is 5.97. The van der Waals surface area contributed by atoms with Crippen LogP contribution in [0.15, 0.2) is 48.8 Å². The van der Waals surface area contributed by atoms with E-state index in [0.29, 0.717) is 25.5 Å². The van der Waals surface area contributed by atoms with Gasteiger partial charge in [-0.05, 0) is 55.3 Å². The largest absolute Gasteiger partial charge is 0.383 e. The standard InChI is InChI=1S/C29H36N8O2/c1-19-17-32-29(33-20-9-10-31-21(15-20)16-30)35-27(19)24-8-7-23-22(24)5-4-6-25(23)34-28(38)26(18-39-3)37-13-11-36(2)12-14-37/h4-6,8-10,15,17,26H,7,11-14,16,18,30H2,1-3H3,(H,34,38)(H,31,32,33,35)/t26-/m1/s1. The van der Waals surface area contributed by atoms with Gasteiger partial charge in [-0.3, -0.25) is 14.7 Å². The third kappa shape index (κ3) is 5.99. The van der Waals surface area contributed by atoms with Crippen LogP contribution in [0.5, 0.6) is 0 Å². The molecule has 204 valence electrons. The number of nitrogens with two attached hydrogens (primary N) is 1. The first-order chi connectivity index (χ1) is 19.0. The Bertz CT molecular complexity index is 1370. The van der Waals surface area contributed by atoms with Crippen LogP contribution >= 0.6 is 0 Å². The van der Waals surface area contributed by atoms with Crippen molar-refractivity contribution in [3.8, 4) is 0 Å². The summed E-state index contributed by atoms with van der Waals surface area (Å²) in [5.41, 5.74) is 13.2. The zero-order valence-electron chi connectivity index (χ0n) is 22.8. The SMILES string of the molecule is COC[C@H](C(=O)Nc1cccc2c1CC=C2c1nc(Nc2ccnc(CN)c2)ncc1C)N1CCN(C)CC1. The molecule has 2 aromatic heterocycles. The van der Waals surface area contributed by atoms with E-state index in [0.717, 1.165) is 71.2 Å². The van der Waals surface area contributed by atoms with E-state index in [2.05, 4.69) is 49.6 Å². The normalized spacial score (nSPS) is 16.5. The van der Waals surface area contributed by atoms with Crippen molar-refractivity contribution in [3.05, 3.63) is 76.9 Å². The Labute approximate surface area is 229 Å². The Morgan fingerprint density at radius 2 is 2.00 bits per heavy atom. The Morgan fingerprint density at radius 3 is 2.77 bits per heavy atom. The summed E-state index contributed by atoms with van der Waals surface area (Å²) in [6, 6.07) is 9.46. The molecule has 1 aliphatic carbocycles. The monoisotopic (exact) mass is 528 g/mol. The summed E-state index contributed by atoms with van der Waals surface area (Å²) >= 11 is 0. The lowest BCUT2D eigenvalue weighted by atomic mass is 9.99. The first-order valence-electron chi connectivity index (χ1n) is 13.3. The Balaban J connectivity index is 1.36. The van der Waals surface area contributed by atoms with Crippen LogP contribution in [-0.2, 0) is 22.5 Å². The van der Waals surface area contributed by atoms with Gasteiger partial charge in [-0.1, -0.05) is 18.2 Å². The number of ether oxygens (including phenoxy) is 1. The van der Waals surface area contributed by atoms with Crippen molar-refractivity contribution in [3.63, 3.8) is 0 Å². The molecular weight excluding hydrogens is 492 g/mol. The number of piperazine rings is 1. The van der Waals surface area contributed by atoms with Gasteiger partial charge in [-0.2, -0.15) is 0 Å². The number of aromatic nitrogens is 3. The first kappa shape index (κ1) is 26.9. The predicted octanol–water partition coefficient (Wildman–Crippen LogP) is 2.57. The summed E-state index contributed by atoms with van der Waals surface area (Å²) in [6.07, 6.45) is 6.42. The van der Waals surface area contributed by atoms with E-state index in [4.69, 9.17) is 15.5 Å². The van der Waals surface area contributed by atoms with Crippen molar-refractivity contribution < 1.29 is 9.53 Å². The van der Waals surface area contributed by atoms with Crippen molar-refractivity contribution in [2.45, 2.75) is 25.9 Å². The van der Waals surface area contributed by atoms with E-state index in [1.807, 2.05) is 37.4 Å². The molecule has 0 radical (unpaired) electrons. The van der Waals surface area contributed by atoms with Gasteiger partial charge in [-0.15, -0.1) is 0 Å². The highest BCUT2D eigenvalue weighted by Crippen LogP contribution is 2.37. The lowest BCUT2D eigenvalue weighted by Crippen LogP contribution is -2.54. The van der Waals surface area contributed by atoms with Gasteiger partial charge in [0.2, 0.25) is 11.9 Å². The minimum absolute atomic E-state index is 0.0397. The number of hydrogen-bond donors (Lipinski definition) is 3. The summed E-state index contributed by atoms with van der Waals surface area (Å²) in [5.74, 6) is 0.459. The van der Waals surface area contributed by atoms with Crippen LogP contribution < -0.4 is 16.4 Å².